The Morgan fingerprint density at radius 2 is 1.68 bits per heavy atom. The number of hydrogen-bond acceptors (Lipinski definition) is 5. The lowest BCUT2D eigenvalue weighted by Crippen LogP contribution is -2.15. The molecule has 28 heavy (non-hydrogen) atoms. The zero-order chi connectivity index (χ0) is 20.0. The first kappa shape index (κ1) is 22.4. The maximum atomic E-state index is 12.2. The molecule has 0 aliphatic carbocycles. The number of rotatable bonds is 16. The minimum Gasteiger partial charge on any atom is -0.396 e. The van der Waals surface area contributed by atoms with Crippen molar-refractivity contribution in [2.24, 2.45) is 0 Å². The number of fused-ring (bicyclic) bond motifs is 1. The predicted molar refractivity (Wildman–Crippen MR) is 115 cm³/mol. The van der Waals surface area contributed by atoms with Crippen LogP contribution in [-0.2, 0) is 6.54 Å². The molecule has 0 saturated heterocycles. The van der Waals surface area contributed by atoms with Crippen molar-refractivity contribution in [3.05, 3.63) is 16.7 Å². The molecule has 0 amide bonds. The molecule has 3 N–H and O–H groups in total. The Hall–Kier alpha value is -1.89. The van der Waals surface area contributed by atoms with Gasteiger partial charge in [0.2, 0.25) is 5.95 Å². The summed E-state index contributed by atoms with van der Waals surface area (Å²) in [6.07, 6.45) is 16.3. The van der Waals surface area contributed by atoms with Crippen molar-refractivity contribution in [2.45, 2.75) is 90.5 Å². The lowest BCUT2D eigenvalue weighted by atomic mass is 10.1. The number of aromatic amines is 1. The van der Waals surface area contributed by atoms with E-state index < -0.39 is 0 Å². The minimum absolute atomic E-state index is 0.173. The van der Waals surface area contributed by atoms with Gasteiger partial charge in [-0.25, -0.2) is 4.98 Å². The Bertz CT molecular complexity index is 725. The molecule has 158 valence electrons. The molecular weight excluding hydrogens is 354 g/mol. The summed E-state index contributed by atoms with van der Waals surface area (Å²) in [6.45, 7) is 3.94. The Kier molecular flexibility index (Phi) is 10.7. The number of unbranched alkanes of at least 4 members (excludes halogenated alkanes) is 10. The monoisotopic (exact) mass is 391 g/mol. The van der Waals surface area contributed by atoms with Crippen LogP contribution in [0.1, 0.15) is 84.0 Å². The van der Waals surface area contributed by atoms with Crippen LogP contribution in [-0.4, -0.2) is 37.8 Å². The fourth-order valence-electron chi connectivity index (χ4n) is 3.41. The summed E-state index contributed by atoms with van der Waals surface area (Å²) in [5.74, 6) is 0.511. The first-order chi connectivity index (χ1) is 13.8. The SMILES string of the molecule is CCCCCCCCCCCCNc1nc2c(ncn2CCCCO)c(=O)[nH]1. The van der Waals surface area contributed by atoms with Gasteiger partial charge in [-0.3, -0.25) is 9.78 Å². The van der Waals surface area contributed by atoms with Crippen molar-refractivity contribution < 1.29 is 5.11 Å². The maximum absolute atomic E-state index is 12.2. The number of aliphatic hydroxyl groups excluding tert-OH is 1. The van der Waals surface area contributed by atoms with E-state index >= 15 is 0 Å². The average molecular weight is 392 g/mol. The molecule has 0 fully saturated rings. The van der Waals surface area contributed by atoms with Crippen LogP contribution in [0, 0.1) is 0 Å². The van der Waals surface area contributed by atoms with Crippen molar-refractivity contribution in [3.63, 3.8) is 0 Å². The van der Waals surface area contributed by atoms with E-state index in [1.165, 1.54) is 57.8 Å². The largest absolute Gasteiger partial charge is 0.396 e. The van der Waals surface area contributed by atoms with Gasteiger partial charge in [0.15, 0.2) is 11.2 Å². The Morgan fingerprint density at radius 1 is 1.00 bits per heavy atom. The molecule has 0 radical (unpaired) electrons. The van der Waals surface area contributed by atoms with Crippen molar-refractivity contribution in [1.29, 1.82) is 0 Å². The number of aryl methyl sites for hydroxylation is 1. The third-order valence-electron chi connectivity index (χ3n) is 5.10. The van der Waals surface area contributed by atoms with E-state index in [4.69, 9.17) is 5.11 Å². The van der Waals surface area contributed by atoms with E-state index in [9.17, 15) is 4.79 Å². The van der Waals surface area contributed by atoms with E-state index in [1.54, 1.807) is 6.33 Å². The van der Waals surface area contributed by atoms with Gasteiger partial charge in [-0.15, -0.1) is 0 Å². The molecule has 0 aliphatic heterocycles. The second-order valence-corrected chi connectivity index (χ2v) is 7.56. The summed E-state index contributed by atoms with van der Waals surface area (Å²) in [6, 6.07) is 0. The van der Waals surface area contributed by atoms with Crippen LogP contribution >= 0.6 is 0 Å². The van der Waals surface area contributed by atoms with Gasteiger partial charge < -0.3 is 15.0 Å². The van der Waals surface area contributed by atoms with E-state index in [2.05, 4.69) is 27.2 Å². The summed E-state index contributed by atoms with van der Waals surface area (Å²) in [5, 5.41) is 12.2. The van der Waals surface area contributed by atoms with E-state index in [0.717, 1.165) is 25.8 Å². The fourth-order valence-corrected chi connectivity index (χ4v) is 3.41. The van der Waals surface area contributed by atoms with E-state index in [1.807, 2.05) is 4.57 Å². The summed E-state index contributed by atoms with van der Waals surface area (Å²) in [7, 11) is 0. The average Bonchev–Trinajstić information content (AvgIpc) is 3.10. The highest BCUT2D eigenvalue weighted by Crippen LogP contribution is 2.12. The van der Waals surface area contributed by atoms with Crippen LogP contribution in [0.5, 0.6) is 0 Å². The first-order valence-corrected chi connectivity index (χ1v) is 11.1. The Balaban J connectivity index is 1.68. The predicted octanol–water partition coefficient (Wildman–Crippen LogP) is 4.22. The normalized spacial score (nSPS) is 11.4. The van der Waals surface area contributed by atoms with Gasteiger partial charge in [-0.1, -0.05) is 64.7 Å². The van der Waals surface area contributed by atoms with E-state index in [-0.39, 0.29) is 12.2 Å². The van der Waals surface area contributed by atoms with Gasteiger partial charge in [0.1, 0.15) is 0 Å². The van der Waals surface area contributed by atoms with Crippen LogP contribution in [0.3, 0.4) is 0 Å². The van der Waals surface area contributed by atoms with Crippen molar-refractivity contribution in [2.75, 3.05) is 18.5 Å². The fraction of sp³-hybridized carbons (Fsp3) is 0.762. The van der Waals surface area contributed by atoms with Gasteiger partial charge in [-0.05, 0) is 19.3 Å². The molecule has 2 rings (SSSR count). The highest BCUT2D eigenvalue weighted by Gasteiger charge is 2.10. The third-order valence-corrected chi connectivity index (χ3v) is 5.10. The van der Waals surface area contributed by atoms with Crippen LogP contribution in [0.25, 0.3) is 11.2 Å². The number of hydrogen-bond donors (Lipinski definition) is 3. The quantitative estimate of drug-likeness (QED) is 0.372. The Morgan fingerprint density at radius 3 is 2.36 bits per heavy atom. The number of aliphatic hydroxyl groups is 1. The molecule has 0 unspecified atom stereocenters. The smallest absolute Gasteiger partial charge is 0.280 e. The molecule has 2 heterocycles. The standard InChI is InChI=1S/C21H37N5O2/c1-2-3-4-5-6-7-8-9-10-11-14-22-21-24-19-18(20(28)25-21)23-17-26(19)15-12-13-16-27/h17,27H,2-16H2,1H3,(H2,22,24,25,28). The second-order valence-electron chi connectivity index (χ2n) is 7.56. The van der Waals surface area contributed by atoms with Gasteiger partial charge >= 0.3 is 0 Å². The van der Waals surface area contributed by atoms with Crippen LogP contribution in [0.2, 0.25) is 0 Å². The maximum Gasteiger partial charge on any atom is 0.280 e. The molecule has 0 spiro atoms. The Labute approximate surface area is 168 Å². The summed E-state index contributed by atoms with van der Waals surface area (Å²) < 4.78 is 1.88. The highest BCUT2D eigenvalue weighted by atomic mass is 16.2. The van der Waals surface area contributed by atoms with Crippen molar-refractivity contribution >= 4 is 17.1 Å². The number of H-pyrrole nitrogens is 1. The number of nitrogens with zero attached hydrogens (tertiary/aromatic N) is 3. The second kappa shape index (κ2) is 13.3. The molecule has 7 nitrogen and oxygen atoms in total. The number of imidazole rings is 1. The van der Waals surface area contributed by atoms with Gasteiger partial charge in [0.05, 0.1) is 6.33 Å². The first-order valence-electron chi connectivity index (χ1n) is 11.1. The number of anilines is 1. The lowest BCUT2D eigenvalue weighted by Gasteiger charge is -2.07. The molecule has 2 aromatic heterocycles. The highest BCUT2D eigenvalue weighted by molar-refractivity contribution is 5.70. The zero-order valence-corrected chi connectivity index (χ0v) is 17.4. The topological polar surface area (TPSA) is 95.8 Å². The summed E-state index contributed by atoms with van der Waals surface area (Å²) in [5.41, 5.74) is 0.761. The van der Waals surface area contributed by atoms with Crippen LogP contribution in [0.15, 0.2) is 11.1 Å². The number of nitrogens with one attached hydrogen (secondary N) is 2. The molecule has 0 aliphatic rings. The van der Waals surface area contributed by atoms with Gasteiger partial charge in [0, 0.05) is 19.7 Å². The minimum atomic E-state index is -0.212. The molecule has 0 atom stereocenters. The lowest BCUT2D eigenvalue weighted by molar-refractivity contribution is 0.281. The van der Waals surface area contributed by atoms with Crippen LogP contribution < -0.4 is 10.9 Å². The molecule has 0 aromatic carbocycles. The number of aromatic nitrogens is 4. The van der Waals surface area contributed by atoms with Crippen LogP contribution in [0.4, 0.5) is 5.95 Å². The summed E-state index contributed by atoms with van der Waals surface area (Å²) >= 11 is 0. The molecule has 2 aromatic rings. The van der Waals surface area contributed by atoms with Gasteiger partial charge in [-0.2, -0.15) is 4.98 Å². The molecular formula is C21H37N5O2. The zero-order valence-electron chi connectivity index (χ0n) is 17.4. The third kappa shape index (κ3) is 7.62. The van der Waals surface area contributed by atoms with Crippen molar-refractivity contribution in [3.8, 4) is 0 Å². The molecule has 7 heteroatoms. The molecule has 0 bridgehead atoms. The molecule has 0 saturated carbocycles. The van der Waals surface area contributed by atoms with Gasteiger partial charge in [0.25, 0.3) is 5.56 Å². The van der Waals surface area contributed by atoms with E-state index in [0.29, 0.717) is 23.7 Å². The van der Waals surface area contributed by atoms with Crippen molar-refractivity contribution in [1.82, 2.24) is 19.5 Å². The summed E-state index contributed by atoms with van der Waals surface area (Å²) in [4.78, 5) is 23.7.